The van der Waals surface area contributed by atoms with Gasteiger partial charge in [0.05, 0.1) is 7.11 Å². The Hall–Kier alpha value is -2.95. The van der Waals surface area contributed by atoms with Gasteiger partial charge in [-0.2, -0.15) is 0 Å². The number of carbonyl (C=O) groups excluding carboxylic acids is 3. The highest BCUT2D eigenvalue weighted by Crippen LogP contribution is 2.20. The Bertz CT molecular complexity index is 797. The first-order valence-corrected chi connectivity index (χ1v) is 9.46. The van der Waals surface area contributed by atoms with Crippen LogP contribution in [0.15, 0.2) is 54.6 Å². The van der Waals surface area contributed by atoms with Crippen molar-refractivity contribution < 1.29 is 19.1 Å². The summed E-state index contributed by atoms with van der Waals surface area (Å²) in [5.74, 6) is -0.669. The number of nitrogens with one attached hydrogen (secondary N) is 1. The molecule has 0 saturated heterocycles. The topological polar surface area (TPSA) is 72.5 Å². The lowest BCUT2D eigenvalue weighted by Crippen LogP contribution is -2.42. The quantitative estimate of drug-likeness (QED) is 0.526. The largest absolute Gasteiger partial charge is 0.467 e. The lowest BCUT2D eigenvalue weighted by Gasteiger charge is -2.18. The van der Waals surface area contributed by atoms with Crippen LogP contribution in [0.1, 0.15) is 43.5 Å². The minimum atomic E-state index is -0.683. The molecule has 0 aromatic heterocycles. The summed E-state index contributed by atoms with van der Waals surface area (Å²) in [6.45, 7) is 3.93. The van der Waals surface area contributed by atoms with Gasteiger partial charge in [-0.05, 0) is 23.5 Å². The van der Waals surface area contributed by atoms with Gasteiger partial charge in [-0.3, -0.25) is 9.59 Å². The van der Waals surface area contributed by atoms with E-state index in [0.29, 0.717) is 12.0 Å². The zero-order valence-electron chi connectivity index (χ0n) is 16.6. The van der Waals surface area contributed by atoms with Gasteiger partial charge in [0.1, 0.15) is 6.04 Å². The van der Waals surface area contributed by atoms with E-state index in [4.69, 9.17) is 4.74 Å². The predicted molar refractivity (Wildman–Crippen MR) is 109 cm³/mol. The standard InChI is InChI=1S/C23H27NO4/c1-16(2)15-20(23(27)28-3)24-22(26)14-13-21(25)19-11-9-18(10-12-19)17-7-5-4-6-8-17/h4-12,16,20H,13-15H2,1-3H3,(H,24,26). The van der Waals surface area contributed by atoms with Crippen LogP contribution < -0.4 is 5.32 Å². The van der Waals surface area contributed by atoms with Gasteiger partial charge in [0.15, 0.2) is 5.78 Å². The molecule has 1 N–H and O–H groups in total. The van der Waals surface area contributed by atoms with E-state index in [2.05, 4.69) is 5.32 Å². The minimum Gasteiger partial charge on any atom is -0.467 e. The number of ether oxygens (including phenoxy) is 1. The van der Waals surface area contributed by atoms with E-state index in [1.807, 2.05) is 56.3 Å². The molecule has 0 aliphatic heterocycles. The maximum absolute atomic E-state index is 12.4. The fraction of sp³-hybridized carbons (Fsp3) is 0.348. The first kappa shape index (κ1) is 21.4. The molecule has 0 heterocycles. The molecular formula is C23H27NO4. The van der Waals surface area contributed by atoms with Crippen LogP contribution >= 0.6 is 0 Å². The molecule has 28 heavy (non-hydrogen) atoms. The van der Waals surface area contributed by atoms with Crippen molar-refractivity contribution in [3.63, 3.8) is 0 Å². The van der Waals surface area contributed by atoms with Crippen molar-refractivity contribution in [3.05, 3.63) is 60.2 Å². The molecule has 0 aliphatic carbocycles. The van der Waals surface area contributed by atoms with E-state index in [1.54, 1.807) is 12.1 Å². The Kier molecular flexibility index (Phi) is 7.93. The number of rotatable bonds is 9. The van der Waals surface area contributed by atoms with E-state index in [0.717, 1.165) is 11.1 Å². The van der Waals surface area contributed by atoms with Crippen LogP contribution in [0.3, 0.4) is 0 Å². The van der Waals surface area contributed by atoms with Crippen molar-refractivity contribution in [2.45, 2.75) is 39.2 Å². The number of hydrogen-bond acceptors (Lipinski definition) is 4. The summed E-state index contributed by atoms with van der Waals surface area (Å²) in [7, 11) is 1.30. The van der Waals surface area contributed by atoms with Gasteiger partial charge in [0.2, 0.25) is 5.91 Å². The number of ketones is 1. The zero-order chi connectivity index (χ0) is 20.5. The Morgan fingerprint density at radius 1 is 0.893 bits per heavy atom. The normalized spacial score (nSPS) is 11.7. The molecule has 2 aromatic carbocycles. The van der Waals surface area contributed by atoms with Gasteiger partial charge in [0.25, 0.3) is 0 Å². The Morgan fingerprint density at radius 3 is 2.07 bits per heavy atom. The molecule has 1 amide bonds. The Morgan fingerprint density at radius 2 is 1.50 bits per heavy atom. The molecular weight excluding hydrogens is 354 g/mol. The first-order valence-electron chi connectivity index (χ1n) is 9.46. The zero-order valence-corrected chi connectivity index (χ0v) is 16.6. The van der Waals surface area contributed by atoms with Crippen LogP contribution in [0.5, 0.6) is 0 Å². The molecule has 5 heteroatoms. The maximum atomic E-state index is 12.4. The predicted octanol–water partition coefficient (Wildman–Crippen LogP) is 4.02. The van der Waals surface area contributed by atoms with Crippen molar-refractivity contribution >= 4 is 17.7 Å². The third-order valence-corrected chi connectivity index (χ3v) is 4.42. The molecule has 0 aliphatic rings. The molecule has 5 nitrogen and oxygen atoms in total. The van der Waals surface area contributed by atoms with Gasteiger partial charge in [0, 0.05) is 18.4 Å². The number of esters is 1. The van der Waals surface area contributed by atoms with Gasteiger partial charge < -0.3 is 10.1 Å². The van der Waals surface area contributed by atoms with Gasteiger partial charge in [-0.25, -0.2) is 4.79 Å². The number of hydrogen-bond donors (Lipinski definition) is 1. The third kappa shape index (κ3) is 6.34. The maximum Gasteiger partial charge on any atom is 0.328 e. The second-order valence-electron chi connectivity index (χ2n) is 7.14. The summed E-state index contributed by atoms with van der Waals surface area (Å²) in [6.07, 6.45) is 0.615. The van der Waals surface area contributed by atoms with E-state index in [1.165, 1.54) is 7.11 Å². The third-order valence-electron chi connectivity index (χ3n) is 4.42. The van der Waals surface area contributed by atoms with Crippen molar-refractivity contribution in [3.8, 4) is 11.1 Å². The molecule has 0 fully saturated rings. The molecule has 0 spiro atoms. The summed E-state index contributed by atoms with van der Waals surface area (Å²) in [6, 6.07) is 16.6. The number of amides is 1. The summed E-state index contributed by atoms with van der Waals surface area (Å²) in [4.78, 5) is 36.3. The average molecular weight is 381 g/mol. The second-order valence-corrected chi connectivity index (χ2v) is 7.14. The molecule has 1 unspecified atom stereocenters. The first-order chi connectivity index (χ1) is 13.4. The highest BCUT2D eigenvalue weighted by molar-refractivity contribution is 5.98. The fourth-order valence-electron chi connectivity index (χ4n) is 2.94. The molecule has 0 saturated carbocycles. The molecule has 0 bridgehead atoms. The molecule has 0 radical (unpaired) electrons. The monoisotopic (exact) mass is 381 g/mol. The molecule has 2 aromatic rings. The van der Waals surface area contributed by atoms with Crippen LogP contribution in [0, 0.1) is 5.92 Å². The lowest BCUT2D eigenvalue weighted by molar-refractivity contribution is -0.145. The van der Waals surface area contributed by atoms with Crippen LogP contribution in [-0.4, -0.2) is 30.8 Å². The molecule has 2 rings (SSSR count). The smallest absolute Gasteiger partial charge is 0.328 e. The summed E-state index contributed by atoms with van der Waals surface area (Å²) in [5.41, 5.74) is 2.68. The van der Waals surface area contributed by atoms with Crippen LogP contribution in [0.25, 0.3) is 11.1 Å². The van der Waals surface area contributed by atoms with Crippen LogP contribution in [0.2, 0.25) is 0 Å². The van der Waals surface area contributed by atoms with Gasteiger partial charge in [-0.1, -0.05) is 68.4 Å². The van der Waals surface area contributed by atoms with Crippen molar-refractivity contribution in [2.24, 2.45) is 5.92 Å². The van der Waals surface area contributed by atoms with E-state index in [9.17, 15) is 14.4 Å². The van der Waals surface area contributed by atoms with Crippen molar-refractivity contribution in [2.75, 3.05) is 7.11 Å². The van der Waals surface area contributed by atoms with Crippen molar-refractivity contribution in [1.29, 1.82) is 0 Å². The second kappa shape index (κ2) is 10.4. The van der Waals surface area contributed by atoms with Crippen LogP contribution in [0.4, 0.5) is 0 Å². The Labute approximate surface area is 166 Å². The highest BCUT2D eigenvalue weighted by atomic mass is 16.5. The van der Waals surface area contributed by atoms with Gasteiger partial charge in [-0.15, -0.1) is 0 Å². The SMILES string of the molecule is COC(=O)C(CC(C)C)NC(=O)CCC(=O)c1ccc(-c2ccccc2)cc1. The minimum absolute atomic E-state index is 0.0326. The fourth-order valence-corrected chi connectivity index (χ4v) is 2.94. The Balaban J connectivity index is 1.90. The summed E-state index contributed by atoms with van der Waals surface area (Å²) in [5, 5.41) is 2.67. The molecule has 1 atom stereocenters. The van der Waals surface area contributed by atoms with Crippen LogP contribution in [-0.2, 0) is 14.3 Å². The summed E-state index contributed by atoms with van der Waals surface area (Å²) < 4.78 is 4.74. The van der Waals surface area contributed by atoms with E-state index < -0.39 is 12.0 Å². The number of Topliss-reactive ketones (excluding diaryl/α,β-unsaturated/α-hetero) is 1. The summed E-state index contributed by atoms with van der Waals surface area (Å²) >= 11 is 0. The molecule has 148 valence electrons. The average Bonchev–Trinajstić information content (AvgIpc) is 2.71. The van der Waals surface area contributed by atoms with Gasteiger partial charge >= 0.3 is 5.97 Å². The van der Waals surface area contributed by atoms with E-state index in [-0.39, 0.29) is 30.4 Å². The van der Waals surface area contributed by atoms with E-state index >= 15 is 0 Å². The number of benzene rings is 2. The number of carbonyl (C=O) groups is 3. The van der Waals surface area contributed by atoms with Crippen molar-refractivity contribution in [1.82, 2.24) is 5.32 Å². The lowest BCUT2D eigenvalue weighted by atomic mass is 10.0. The highest BCUT2D eigenvalue weighted by Gasteiger charge is 2.22. The number of methoxy groups -OCH3 is 1.